The molecule has 0 fully saturated rings. The molecule has 2 aromatic rings. The van der Waals surface area contributed by atoms with Gasteiger partial charge in [-0.3, -0.25) is 0 Å². The van der Waals surface area contributed by atoms with Crippen LogP contribution in [-0.2, 0) is 6.61 Å². The minimum Gasteiger partial charge on any atom is -0.455 e. The number of aliphatic hydroxyl groups excluding tert-OH is 1. The molecule has 0 atom stereocenters. The predicted octanol–water partition coefficient (Wildman–Crippen LogP) is 5.18. The molecule has 1 N–H and O–H groups in total. The van der Waals surface area contributed by atoms with Crippen LogP contribution in [0.5, 0.6) is 11.5 Å². The van der Waals surface area contributed by atoms with Gasteiger partial charge < -0.3 is 9.84 Å². The summed E-state index contributed by atoms with van der Waals surface area (Å²) in [6, 6.07) is 7.43. The van der Waals surface area contributed by atoms with Crippen LogP contribution in [0.4, 0.5) is 4.39 Å². The quantitative estimate of drug-likeness (QED) is 0.759. The molecule has 0 radical (unpaired) electrons. The molecule has 0 heterocycles. The van der Waals surface area contributed by atoms with Crippen LogP contribution < -0.4 is 4.74 Å². The summed E-state index contributed by atoms with van der Waals surface area (Å²) in [6.45, 7) is -0.112. The molecule has 2 aromatic carbocycles. The van der Waals surface area contributed by atoms with Crippen LogP contribution in [0.2, 0.25) is 10.0 Å². The van der Waals surface area contributed by atoms with Gasteiger partial charge in [-0.2, -0.15) is 0 Å². The van der Waals surface area contributed by atoms with Crippen LogP contribution in [0.25, 0.3) is 0 Å². The van der Waals surface area contributed by atoms with Crippen molar-refractivity contribution in [1.82, 2.24) is 0 Å². The molecule has 0 amide bonds. The van der Waals surface area contributed by atoms with E-state index < -0.39 is 5.82 Å². The normalized spacial score (nSPS) is 10.6. The molecule has 0 bridgehead atoms. The van der Waals surface area contributed by atoms with Crippen LogP contribution in [0.1, 0.15) is 5.56 Å². The van der Waals surface area contributed by atoms with E-state index in [2.05, 4.69) is 15.9 Å². The Bertz CT molecular complexity index is 620. The predicted molar refractivity (Wildman–Crippen MR) is 76.6 cm³/mol. The van der Waals surface area contributed by atoms with Crippen molar-refractivity contribution in [2.45, 2.75) is 6.61 Å². The topological polar surface area (TPSA) is 29.5 Å². The molecule has 0 aromatic heterocycles. The smallest absolute Gasteiger partial charge is 0.146 e. The van der Waals surface area contributed by atoms with E-state index in [0.717, 1.165) is 0 Å². The lowest BCUT2D eigenvalue weighted by Crippen LogP contribution is -1.90. The Labute approximate surface area is 127 Å². The van der Waals surface area contributed by atoms with E-state index in [4.69, 9.17) is 33.0 Å². The van der Waals surface area contributed by atoms with Crippen molar-refractivity contribution < 1.29 is 14.2 Å². The van der Waals surface area contributed by atoms with Crippen LogP contribution in [0, 0.1) is 5.82 Å². The monoisotopic (exact) mass is 364 g/mol. The molecule has 100 valence electrons. The first-order chi connectivity index (χ1) is 9.01. The maximum Gasteiger partial charge on any atom is 0.146 e. The maximum absolute atomic E-state index is 13.4. The molecule has 0 saturated heterocycles. The lowest BCUT2D eigenvalue weighted by Gasteiger charge is -2.10. The maximum atomic E-state index is 13.4. The van der Waals surface area contributed by atoms with E-state index >= 15 is 0 Å². The Hall–Kier alpha value is -0.810. The number of hydrogen-bond acceptors (Lipinski definition) is 2. The highest BCUT2D eigenvalue weighted by Gasteiger charge is 2.11. The largest absolute Gasteiger partial charge is 0.455 e. The van der Waals surface area contributed by atoms with E-state index in [1.807, 2.05) is 0 Å². The first kappa shape index (κ1) is 14.6. The van der Waals surface area contributed by atoms with E-state index in [0.29, 0.717) is 20.8 Å². The molecule has 0 spiro atoms. The van der Waals surface area contributed by atoms with Gasteiger partial charge in [0.25, 0.3) is 0 Å². The molecular formula is C13H8BrCl2FO2. The summed E-state index contributed by atoms with van der Waals surface area (Å²) in [5.74, 6) is 0.0461. The molecule has 0 aliphatic rings. The fraction of sp³-hybridized carbons (Fsp3) is 0.0769. The Morgan fingerprint density at radius 2 is 1.84 bits per heavy atom. The van der Waals surface area contributed by atoms with Gasteiger partial charge in [0.1, 0.15) is 17.3 Å². The van der Waals surface area contributed by atoms with Gasteiger partial charge in [0.2, 0.25) is 0 Å². The average molecular weight is 366 g/mol. The molecule has 19 heavy (non-hydrogen) atoms. The number of halogens is 4. The second kappa shape index (κ2) is 6.09. The Kier molecular flexibility index (Phi) is 4.68. The van der Waals surface area contributed by atoms with Crippen molar-refractivity contribution in [1.29, 1.82) is 0 Å². The zero-order valence-electron chi connectivity index (χ0n) is 9.46. The van der Waals surface area contributed by atoms with Gasteiger partial charge in [-0.05, 0) is 39.7 Å². The number of hydrogen-bond donors (Lipinski definition) is 1. The molecule has 2 rings (SSSR count). The summed E-state index contributed by atoms with van der Waals surface area (Å²) in [7, 11) is 0. The molecule has 0 saturated carbocycles. The molecular weight excluding hydrogens is 358 g/mol. The number of rotatable bonds is 3. The molecule has 6 heteroatoms. The van der Waals surface area contributed by atoms with Crippen LogP contribution in [0.15, 0.2) is 34.8 Å². The molecule has 0 aliphatic heterocycles. The fourth-order valence-electron chi connectivity index (χ4n) is 1.43. The molecule has 2 nitrogen and oxygen atoms in total. The van der Waals surface area contributed by atoms with Gasteiger partial charge in [-0.25, -0.2) is 4.39 Å². The highest BCUT2D eigenvalue weighted by Crippen LogP contribution is 2.36. The van der Waals surface area contributed by atoms with Crippen LogP contribution >= 0.6 is 39.1 Å². The summed E-state index contributed by atoms with van der Waals surface area (Å²) >= 11 is 14.9. The Morgan fingerprint density at radius 1 is 1.11 bits per heavy atom. The highest BCUT2D eigenvalue weighted by atomic mass is 79.9. The number of aliphatic hydroxyl groups is 1. The number of benzene rings is 2. The minimum absolute atomic E-state index is 0.000880. The summed E-state index contributed by atoms with van der Waals surface area (Å²) in [6.07, 6.45) is 0. The third-order valence-electron chi connectivity index (χ3n) is 2.37. The van der Waals surface area contributed by atoms with Crippen LogP contribution in [-0.4, -0.2) is 5.11 Å². The lowest BCUT2D eigenvalue weighted by atomic mass is 10.2. The van der Waals surface area contributed by atoms with Crippen molar-refractivity contribution in [2.24, 2.45) is 0 Å². The first-order valence-electron chi connectivity index (χ1n) is 5.23. The third kappa shape index (κ3) is 3.39. The zero-order valence-corrected chi connectivity index (χ0v) is 12.6. The average Bonchev–Trinajstić information content (AvgIpc) is 2.38. The van der Waals surface area contributed by atoms with E-state index in [9.17, 15) is 4.39 Å². The van der Waals surface area contributed by atoms with Crippen molar-refractivity contribution >= 4 is 39.1 Å². The number of ether oxygens (including phenoxy) is 1. The SMILES string of the molecule is OCc1ccc(Oc2cc(F)c(Cl)cc2Br)c(Cl)c1. The summed E-state index contributed by atoms with van der Waals surface area (Å²) in [4.78, 5) is 0. The van der Waals surface area contributed by atoms with Gasteiger partial charge in [0.05, 0.1) is 21.1 Å². The van der Waals surface area contributed by atoms with Gasteiger partial charge >= 0.3 is 0 Å². The highest BCUT2D eigenvalue weighted by molar-refractivity contribution is 9.10. The standard InChI is InChI=1S/C13H8BrCl2FO2/c14-8-4-9(15)11(17)5-13(8)19-12-2-1-7(6-18)3-10(12)16/h1-5,18H,6H2. The second-order valence-corrected chi connectivity index (χ2v) is 5.39. The first-order valence-corrected chi connectivity index (χ1v) is 6.78. The third-order valence-corrected chi connectivity index (χ3v) is 3.58. The fourth-order valence-corrected chi connectivity index (χ4v) is 2.39. The van der Waals surface area contributed by atoms with Crippen molar-refractivity contribution in [3.8, 4) is 11.5 Å². The Morgan fingerprint density at radius 3 is 2.47 bits per heavy atom. The van der Waals surface area contributed by atoms with Crippen LogP contribution in [0.3, 0.4) is 0 Å². The molecule has 0 aliphatic carbocycles. The van der Waals surface area contributed by atoms with Gasteiger partial charge in [-0.15, -0.1) is 0 Å². The molecule has 0 unspecified atom stereocenters. The van der Waals surface area contributed by atoms with Crippen molar-refractivity contribution in [3.63, 3.8) is 0 Å². The van der Waals surface area contributed by atoms with E-state index in [1.54, 1.807) is 18.2 Å². The van der Waals surface area contributed by atoms with E-state index in [-0.39, 0.29) is 17.4 Å². The summed E-state index contributed by atoms with van der Waals surface area (Å²) in [5, 5.41) is 9.31. The van der Waals surface area contributed by atoms with Gasteiger partial charge in [-0.1, -0.05) is 29.3 Å². The summed E-state index contributed by atoms with van der Waals surface area (Å²) < 4.78 is 19.4. The van der Waals surface area contributed by atoms with Crippen molar-refractivity contribution in [3.05, 3.63) is 56.2 Å². The van der Waals surface area contributed by atoms with Crippen molar-refractivity contribution in [2.75, 3.05) is 0 Å². The van der Waals surface area contributed by atoms with Gasteiger partial charge in [0, 0.05) is 6.07 Å². The van der Waals surface area contributed by atoms with E-state index in [1.165, 1.54) is 12.1 Å². The summed E-state index contributed by atoms with van der Waals surface area (Å²) in [5.41, 5.74) is 0.665. The second-order valence-electron chi connectivity index (χ2n) is 3.72. The minimum atomic E-state index is -0.581. The van der Waals surface area contributed by atoms with Gasteiger partial charge in [0.15, 0.2) is 0 Å². The zero-order chi connectivity index (χ0) is 14.0. The lowest BCUT2D eigenvalue weighted by molar-refractivity contribution is 0.281. The Balaban J connectivity index is 2.33.